The first-order chi connectivity index (χ1) is 22.3. The first kappa shape index (κ1) is 39.3. The van der Waals surface area contributed by atoms with E-state index in [0.717, 1.165) is 0 Å². The Bertz CT molecular complexity index is 1380. The van der Waals surface area contributed by atoms with Crippen molar-refractivity contribution in [2.75, 3.05) is 0 Å². The molecule has 0 N–H and O–H groups in total. The number of hydrogen-bond donors (Lipinski definition) is 0. The topological polar surface area (TPSA) is 0 Å². The first-order valence-corrected chi connectivity index (χ1v) is 17.0. The maximum Gasteiger partial charge on any atom is 2.00 e. The number of rotatable bonds is 6. The Hall–Kier alpha value is -3.92. The van der Waals surface area contributed by atoms with Gasteiger partial charge in [-0.3, -0.25) is 0 Å². The third-order valence-corrected chi connectivity index (χ3v) is 11.0. The molecule has 0 fully saturated rings. The molecule has 0 aliphatic carbocycles. The summed E-state index contributed by atoms with van der Waals surface area (Å²) in [7, 11) is -6.89. The van der Waals surface area contributed by atoms with E-state index in [0.29, 0.717) is 0 Å². The van der Waals surface area contributed by atoms with E-state index >= 15 is 0 Å². The molecule has 8 heteroatoms. The van der Waals surface area contributed by atoms with Crippen molar-refractivity contribution in [3.05, 3.63) is 189 Å². The second kappa shape index (κ2) is 21.8. The first-order valence-electron chi connectivity index (χ1n) is 14.3. The van der Waals surface area contributed by atoms with Crippen LogP contribution in [0.1, 0.15) is 0 Å². The van der Waals surface area contributed by atoms with Gasteiger partial charge in [-0.15, -0.1) is 0 Å². The van der Waals surface area contributed by atoms with Gasteiger partial charge in [0, 0.05) is 0 Å². The van der Waals surface area contributed by atoms with Crippen LogP contribution in [0.25, 0.3) is 0 Å². The average Bonchev–Trinajstić information content (AvgIpc) is 3.08. The number of halogens is 4. The van der Waals surface area contributed by atoms with E-state index in [1.54, 1.807) is 0 Å². The van der Waals surface area contributed by atoms with Crippen molar-refractivity contribution in [3.63, 3.8) is 0 Å². The Morgan fingerprint density at radius 1 is 0.383 bits per heavy atom. The summed E-state index contributed by atoms with van der Waals surface area (Å²) in [6.45, 7) is 3.01. The normalized spacial score (nSPS) is 9.98. The molecule has 6 aromatic carbocycles. The maximum absolute atomic E-state index is 9.75. The number of terminal acetylenes is 1. The summed E-state index contributed by atoms with van der Waals surface area (Å²) < 4.78 is 39.0. The van der Waals surface area contributed by atoms with Crippen molar-refractivity contribution in [3.8, 4) is 12.3 Å². The van der Waals surface area contributed by atoms with E-state index in [1.165, 1.54) is 31.8 Å². The minimum absolute atomic E-state index is 0. The fourth-order valence-corrected chi connectivity index (χ4v) is 8.97. The van der Waals surface area contributed by atoms with E-state index in [1.807, 2.05) is 5.92 Å². The average molecular weight is 846 g/mol. The second-order valence-electron chi connectivity index (χ2n) is 9.38. The summed E-state index contributed by atoms with van der Waals surface area (Å²) in [5, 5.41) is 8.39. The maximum atomic E-state index is 9.75. The van der Waals surface area contributed by atoms with E-state index < -0.39 is 23.1 Å². The van der Waals surface area contributed by atoms with Crippen molar-refractivity contribution in [2.24, 2.45) is 0 Å². The Balaban J connectivity index is 0.000000263. The zero-order valence-electron chi connectivity index (χ0n) is 25.4. The van der Waals surface area contributed by atoms with E-state index in [-0.39, 0.29) is 21.1 Å². The Kier molecular flexibility index (Phi) is 18.2. The van der Waals surface area contributed by atoms with Crippen LogP contribution in [0.3, 0.4) is 0 Å². The third kappa shape index (κ3) is 14.6. The Morgan fingerprint density at radius 3 is 0.596 bits per heavy atom. The summed E-state index contributed by atoms with van der Waals surface area (Å²) in [6, 6.07) is 64.7. The van der Waals surface area contributed by atoms with E-state index in [4.69, 9.17) is 0 Å². The van der Waals surface area contributed by atoms with Gasteiger partial charge >= 0.3 is 28.3 Å². The van der Waals surface area contributed by atoms with Crippen LogP contribution in [0, 0.1) is 19.3 Å². The zero-order valence-corrected chi connectivity index (χ0v) is 29.5. The van der Waals surface area contributed by atoms with Crippen LogP contribution >= 0.6 is 15.8 Å². The van der Waals surface area contributed by atoms with Gasteiger partial charge in [0.05, 0.1) is 0 Å². The summed E-state index contributed by atoms with van der Waals surface area (Å²) in [6.07, 6.45) is 4.49. The molecular formula is C39H33BF4P2Pt. The van der Waals surface area contributed by atoms with Crippen molar-refractivity contribution in [2.45, 2.75) is 0 Å². The van der Waals surface area contributed by atoms with Crippen LogP contribution < -0.4 is 31.8 Å². The van der Waals surface area contributed by atoms with E-state index in [2.05, 4.69) is 195 Å². The van der Waals surface area contributed by atoms with Gasteiger partial charge in [-0.2, -0.15) is 6.92 Å². The van der Waals surface area contributed by atoms with Crippen molar-refractivity contribution in [1.82, 2.24) is 0 Å². The Labute approximate surface area is 293 Å². The van der Waals surface area contributed by atoms with Crippen LogP contribution in [0.15, 0.2) is 182 Å². The van der Waals surface area contributed by atoms with Crippen molar-refractivity contribution >= 4 is 54.9 Å². The van der Waals surface area contributed by atoms with Gasteiger partial charge in [-0.25, -0.2) is 0 Å². The van der Waals surface area contributed by atoms with Gasteiger partial charge in [0.1, 0.15) is 0 Å². The molecule has 0 aliphatic rings. The van der Waals surface area contributed by atoms with Gasteiger partial charge in [0.25, 0.3) is 0 Å². The largest absolute Gasteiger partial charge is 2.00 e. The quantitative estimate of drug-likeness (QED) is 0.0519. The molecule has 6 aromatic rings. The molecule has 0 nitrogen and oxygen atoms in total. The Morgan fingerprint density at radius 2 is 0.489 bits per heavy atom. The number of benzene rings is 6. The molecule has 0 bridgehead atoms. The molecule has 0 amide bonds. The van der Waals surface area contributed by atoms with Crippen molar-refractivity contribution in [1.29, 1.82) is 0 Å². The van der Waals surface area contributed by atoms with Crippen LogP contribution in [0.2, 0.25) is 0 Å². The van der Waals surface area contributed by atoms with Gasteiger partial charge < -0.3 is 29.6 Å². The third-order valence-electron chi connectivity index (χ3n) is 6.09. The number of hydrogen-bond acceptors (Lipinski definition) is 0. The van der Waals surface area contributed by atoms with Crippen LogP contribution in [-0.2, 0) is 21.1 Å². The zero-order chi connectivity index (χ0) is 33.0. The minimum atomic E-state index is -6.00. The van der Waals surface area contributed by atoms with E-state index in [9.17, 15) is 17.3 Å². The van der Waals surface area contributed by atoms with Crippen molar-refractivity contribution < 1.29 is 38.3 Å². The molecule has 240 valence electrons. The molecule has 0 radical (unpaired) electrons. The smallest absolute Gasteiger partial charge is 0.418 e. The molecule has 0 aromatic heterocycles. The second-order valence-corrected chi connectivity index (χ2v) is 13.8. The van der Waals surface area contributed by atoms with Crippen LogP contribution in [-0.4, -0.2) is 7.25 Å². The van der Waals surface area contributed by atoms with Gasteiger partial charge in [0.15, 0.2) is 0 Å². The summed E-state index contributed by atoms with van der Waals surface area (Å²) in [5.74, 6) is 2.00. The molecule has 0 atom stereocenters. The minimum Gasteiger partial charge on any atom is -0.418 e. The predicted octanol–water partition coefficient (Wildman–Crippen LogP) is 8.64. The monoisotopic (exact) mass is 845 g/mol. The van der Waals surface area contributed by atoms with Gasteiger partial charge in [-0.05, 0) is 47.7 Å². The molecule has 47 heavy (non-hydrogen) atoms. The molecule has 0 saturated carbocycles. The standard InChI is InChI=1S/2C18H15P.C3H3.BF4.Pt/c2*1-4-10-16(11-5-1)19(17-12-6-2-7-13-17)18-14-8-3-9-15-18;1-3-2;2-1(3,4)5;/h2*1-15H;1H,2H2;;/q;;2*-1;+2. The molecule has 0 spiro atoms. The predicted molar refractivity (Wildman–Crippen MR) is 195 cm³/mol. The molecule has 0 unspecified atom stereocenters. The SMILES string of the molecule is C#C[CH2-].F[B-](F)(F)F.[Pt+2].c1ccc(P(c2ccccc2)c2ccccc2)cc1.c1ccc(P(c2ccccc2)c2ccccc2)cc1. The molecular weight excluding hydrogens is 812 g/mol. The van der Waals surface area contributed by atoms with Gasteiger partial charge in [-0.1, -0.05) is 182 Å². The van der Waals surface area contributed by atoms with Crippen LogP contribution in [0.5, 0.6) is 0 Å². The summed E-state index contributed by atoms with van der Waals surface area (Å²) in [4.78, 5) is 0. The summed E-state index contributed by atoms with van der Waals surface area (Å²) in [5.41, 5.74) is 0. The molecule has 0 saturated heterocycles. The van der Waals surface area contributed by atoms with Gasteiger partial charge in [0.2, 0.25) is 0 Å². The molecule has 6 rings (SSSR count). The fraction of sp³-hybridized carbons (Fsp3) is 0. The molecule has 0 heterocycles. The molecule has 0 aliphatic heterocycles. The fourth-order valence-electron chi connectivity index (χ4n) is 4.36. The summed E-state index contributed by atoms with van der Waals surface area (Å²) >= 11 is 0. The van der Waals surface area contributed by atoms with Crippen LogP contribution in [0.4, 0.5) is 17.3 Å².